The molecule has 6 nitrogen and oxygen atoms in total. The molecular formula is C25H24N2O4. The normalized spacial score (nSPS) is 10.2. The molecule has 0 aliphatic rings. The van der Waals surface area contributed by atoms with Gasteiger partial charge in [0.2, 0.25) is 5.91 Å². The molecule has 0 atom stereocenters. The summed E-state index contributed by atoms with van der Waals surface area (Å²) < 4.78 is 4.65. The number of benzene rings is 3. The maximum absolute atomic E-state index is 12.4. The zero-order chi connectivity index (χ0) is 22.1. The highest BCUT2D eigenvalue weighted by molar-refractivity contribution is 6.04. The van der Waals surface area contributed by atoms with E-state index in [4.69, 9.17) is 0 Å². The first-order valence-electron chi connectivity index (χ1n) is 9.94. The van der Waals surface area contributed by atoms with Crippen LogP contribution in [0.15, 0.2) is 78.9 Å². The number of nitrogens with one attached hydrogen (secondary N) is 2. The van der Waals surface area contributed by atoms with Crippen molar-refractivity contribution in [2.75, 3.05) is 12.4 Å². The van der Waals surface area contributed by atoms with Crippen LogP contribution in [0.1, 0.15) is 38.3 Å². The van der Waals surface area contributed by atoms with Gasteiger partial charge in [-0.05, 0) is 53.9 Å². The van der Waals surface area contributed by atoms with E-state index in [2.05, 4.69) is 15.4 Å². The molecule has 3 rings (SSSR count). The molecular weight excluding hydrogens is 392 g/mol. The first kappa shape index (κ1) is 21.8. The lowest BCUT2D eigenvalue weighted by Crippen LogP contribution is -2.23. The number of amides is 2. The Labute approximate surface area is 181 Å². The summed E-state index contributed by atoms with van der Waals surface area (Å²) in [4.78, 5) is 35.9. The van der Waals surface area contributed by atoms with Crippen molar-refractivity contribution >= 4 is 23.5 Å². The minimum Gasteiger partial charge on any atom is -0.465 e. The van der Waals surface area contributed by atoms with Gasteiger partial charge in [0.25, 0.3) is 5.91 Å². The standard InChI is InChI=1S/C25H24N2O4/c1-31-25(30)21-12-14-22(15-13-21)27-24(29)20-10-7-19(8-11-20)17-26-23(28)16-9-18-5-3-2-4-6-18/h2-8,10-15H,9,16-17H2,1H3,(H,26,28)(H,27,29). The van der Waals surface area contributed by atoms with Crippen LogP contribution in [0, 0.1) is 0 Å². The van der Waals surface area contributed by atoms with Crippen LogP contribution < -0.4 is 10.6 Å². The van der Waals surface area contributed by atoms with Crippen LogP contribution in [0.4, 0.5) is 5.69 Å². The molecule has 0 saturated carbocycles. The Kier molecular flexibility index (Phi) is 7.54. The maximum atomic E-state index is 12.4. The van der Waals surface area contributed by atoms with Gasteiger partial charge in [0.05, 0.1) is 12.7 Å². The molecule has 0 bridgehead atoms. The minimum atomic E-state index is -0.430. The molecule has 0 saturated heterocycles. The second-order valence-corrected chi connectivity index (χ2v) is 6.98. The van der Waals surface area contributed by atoms with E-state index in [0.29, 0.717) is 36.2 Å². The fraction of sp³-hybridized carbons (Fsp3) is 0.160. The number of hydrogen-bond acceptors (Lipinski definition) is 4. The van der Waals surface area contributed by atoms with Crippen LogP contribution in [-0.4, -0.2) is 24.9 Å². The molecule has 0 heterocycles. The summed E-state index contributed by atoms with van der Waals surface area (Å²) in [7, 11) is 1.32. The Morgan fingerprint density at radius 3 is 2.06 bits per heavy atom. The van der Waals surface area contributed by atoms with Crippen molar-refractivity contribution in [2.45, 2.75) is 19.4 Å². The lowest BCUT2D eigenvalue weighted by Gasteiger charge is -2.08. The summed E-state index contributed by atoms with van der Waals surface area (Å²) in [5, 5.41) is 5.68. The van der Waals surface area contributed by atoms with E-state index < -0.39 is 5.97 Å². The largest absolute Gasteiger partial charge is 0.465 e. The van der Waals surface area contributed by atoms with Crippen LogP contribution in [-0.2, 0) is 22.5 Å². The van der Waals surface area contributed by atoms with Crippen molar-refractivity contribution in [1.29, 1.82) is 0 Å². The SMILES string of the molecule is COC(=O)c1ccc(NC(=O)c2ccc(CNC(=O)CCc3ccccc3)cc2)cc1. The highest BCUT2D eigenvalue weighted by Gasteiger charge is 2.09. The molecule has 2 N–H and O–H groups in total. The van der Waals surface area contributed by atoms with E-state index in [1.165, 1.54) is 7.11 Å². The molecule has 0 aromatic heterocycles. The van der Waals surface area contributed by atoms with E-state index in [1.54, 1.807) is 36.4 Å². The molecule has 2 amide bonds. The summed E-state index contributed by atoms with van der Waals surface area (Å²) in [5.41, 5.74) is 3.53. The maximum Gasteiger partial charge on any atom is 0.337 e. The number of ether oxygens (including phenoxy) is 1. The van der Waals surface area contributed by atoms with E-state index in [1.807, 2.05) is 42.5 Å². The van der Waals surface area contributed by atoms with Crippen molar-refractivity contribution in [2.24, 2.45) is 0 Å². The predicted octanol–water partition coefficient (Wildman–Crippen LogP) is 3.97. The van der Waals surface area contributed by atoms with Gasteiger partial charge in [-0.1, -0.05) is 42.5 Å². The summed E-state index contributed by atoms with van der Waals surface area (Å²) in [6.07, 6.45) is 1.13. The minimum absolute atomic E-state index is 0.0129. The van der Waals surface area contributed by atoms with Gasteiger partial charge in [0.1, 0.15) is 0 Å². The molecule has 0 aliphatic carbocycles. The number of rotatable bonds is 8. The van der Waals surface area contributed by atoms with E-state index >= 15 is 0 Å². The smallest absolute Gasteiger partial charge is 0.337 e. The van der Waals surface area contributed by atoms with Crippen LogP contribution >= 0.6 is 0 Å². The van der Waals surface area contributed by atoms with Crippen molar-refractivity contribution < 1.29 is 19.1 Å². The van der Waals surface area contributed by atoms with Gasteiger partial charge in [0, 0.05) is 24.2 Å². The second-order valence-electron chi connectivity index (χ2n) is 6.98. The van der Waals surface area contributed by atoms with Crippen LogP contribution in [0.2, 0.25) is 0 Å². The van der Waals surface area contributed by atoms with E-state index in [-0.39, 0.29) is 11.8 Å². The van der Waals surface area contributed by atoms with Crippen molar-refractivity contribution in [1.82, 2.24) is 5.32 Å². The van der Waals surface area contributed by atoms with Gasteiger partial charge in [0.15, 0.2) is 0 Å². The number of carbonyl (C=O) groups excluding carboxylic acids is 3. The van der Waals surface area contributed by atoms with Crippen LogP contribution in [0.25, 0.3) is 0 Å². The van der Waals surface area contributed by atoms with Crippen molar-refractivity contribution in [3.05, 3.63) is 101 Å². The topological polar surface area (TPSA) is 84.5 Å². The lowest BCUT2D eigenvalue weighted by atomic mass is 10.1. The zero-order valence-corrected chi connectivity index (χ0v) is 17.3. The summed E-state index contributed by atoms with van der Waals surface area (Å²) in [6.45, 7) is 0.407. The van der Waals surface area contributed by atoms with Crippen LogP contribution in [0.3, 0.4) is 0 Å². The molecule has 0 unspecified atom stereocenters. The number of aryl methyl sites for hydroxylation is 1. The van der Waals surface area contributed by atoms with Crippen molar-refractivity contribution in [3.63, 3.8) is 0 Å². The van der Waals surface area contributed by atoms with E-state index in [0.717, 1.165) is 11.1 Å². The van der Waals surface area contributed by atoms with Gasteiger partial charge < -0.3 is 15.4 Å². The van der Waals surface area contributed by atoms with Crippen LogP contribution in [0.5, 0.6) is 0 Å². The van der Waals surface area contributed by atoms with E-state index in [9.17, 15) is 14.4 Å². The molecule has 0 fully saturated rings. The first-order valence-corrected chi connectivity index (χ1v) is 9.94. The average molecular weight is 416 g/mol. The Bertz CT molecular complexity index is 1030. The van der Waals surface area contributed by atoms with Gasteiger partial charge in [-0.25, -0.2) is 4.79 Å². The Balaban J connectivity index is 1.47. The third-order valence-corrected chi connectivity index (χ3v) is 4.75. The predicted molar refractivity (Wildman–Crippen MR) is 119 cm³/mol. The first-order chi connectivity index (χ1) is 15.0. The number of hydrogen-bond donors (Lipinski definition) is 2. The molecule has 3 aromatic carbocycles. The fourth-order valence-corrected chi connectivity index (χ4v) is 2.98. The molecule has 3 aromatic rings. The number of anilines is 1. The van der Waals surface area contributed by atoms with Gasteiger partial charge in [-0.3, -0.25) is 9.59 Å². The molecule has 0 aliphatic heterocycles. The van der Waals surface area contributed by atoms with Gasteiger partial charge in [-0.15, -0.1) is 0 Å². The third-order valence-electron chi connectivity index (χ3n) is 4.75. The summed E-state index contributed by atoms with van der Waals surface area (Å²) >= 11 is 0. The number of carbonyl (C=O) groups is 3. The second kappa shape index (κ2) is 10.7. The monoisotopic (exact) mass is 416 g/mol. The zero-order valence-electron chi connectivity index (χ0n) is 17.3. The number of methoxy groups -OCH3 is 1. The highest BCUT2D eigenvalue weighted by Crippen LogP contribution is 2.13. The quantitative estimate of drug-likeness (QED) is 0.544. The highest BCUT2D eigenvalue weighted by atomic mass is 16.5. The molecule has 0 radical (unpaired) electrons. The van der Waals surface area contributed by atoms with Gasteiger partial charge >= 0.3 is 5.97 Å². The Hall–Kier alpha value is -3.93. The average Bonchev–Trinajstić information content (AvgIpc) is 2.82. The molecule has 31 heavy (non-hydrogen) atoms. The molecule has 0 spiro atoms. The van der Waals surface area contributed by atoms with Gasteiger partial charge in [-0.2, -0.15) is 0 Å². The number of esters is 1. The summed E-state index contributed by atoms with van der Waals surface area (Å²) in [5.74, 6) is -0.703. The third kappa shape index (κ3) is 6.54. The Morgan fingerprint density at radius 2 is 1.42 bits per heavy atom. The lowest BCUT2D eigenvalue weighted by molar-refractivity contribution is -0.121. The molecule has 158 valence electrons. The fourth-order valence-electron chi connectivity index (χ4n) is 2.98. The Morgan fingerprint density at radius 1 is 0.774 bits per heavy atom. The molecule has 6 heteroatoms. The van der Waals surface area contributed by atoms with Crippen molar-refractivity contribution in [3.8, 4) is 0 Å². The summed E-state index contributed by atoms with van der Waals surface area (Å²) in [6, 6.07) is 23.4.